The molecule has 0 saturated carbocycles. The van der Waals surface area contributed by atoms with Crippen LogP contribution in [0.25, 0.3) is 0 Å². The van der Waals surface area contributed by atoms with Crippen LogP contribution in [0.5, 0.6) is 0 Å². The second-order valence-electron chi connectivity index (χ2n) is 3.41. The van der Waals surface area contributed by atoms with Crippen LogP contribution in [0, 0.1) is 11.3 Å². The lowest BCUT2D eigenvalue weighted by Crippen LogP contribution is -2.25. The van der Waals surface area contributed by atoms with Gasteiger partial charge in [0, 0.05) is 25.0 Å². The van der Waals surface area contributed by atoms with Gasteiger partial charge in [-0.25, -0.2) is 0 Å². The summed E-state index contributed by atoms with van der Waals surface area (Å²) in [4.78, 5) is 3.07. The summed E-state index contributed by atoms with van der Waals surface area (Å²) in [5.74, 6) is 0.971. The zero-order chi connectivity index (χ0) is 12.0. The average Bonchev–Trinajstić information content (AvgIpc) is 2.29. The number of hydrogen-bond acceptors (Lipinski definition) is 4. The molecule has 0 heterocycles. The highest BCUT2D eigenvalue weighted by Crippen LogP contribution is 2.29. The van der Waals surface area contributed by atoms with Crippen molar-refractivity contribution in [3.05, 3.63) is 23.8 Å². The summed E-state index contributed by atoms with van der Waals surface area (Å²) < 4.78 is 0. The lowest BCUT2D eigenvalue weighted by Gasteiger charge is -2.20. The fraction of sp³-hybridized carbons (Fsp3) is 0.417. The Morgan fingerprint density at radius 1 is 1.50 bits per heavy atom. The van der Waals surface area contributed by atoms with Gasteiger partial charge >= 0.3 is 0 Å². The van der Waals surface area contributed by atoms with Gasteiger partial charge in [-0.1, -0.05) is 13.0 Å². The maximum atomic E-state index is 9.22. The highest BCUT2D eigenvalue weighted by molar-refractivity contribution is 7.99. The highest BCUT2D eigenvalue weighted by Gasteiger charge is 2.10. The number of thioether (sulfide) groups is 1. The average molecular weight is 235 g/mol. The van der Waals surface area contributed by atoms with Crippen LogP contribution in [0.3, 0.4) is 0 Å². The zero-order valence-electron chi connectivity index (χ0n) is 9.73. The van der Waals surface area contributed by atoms with E-state index in [1.165, 1.54) is 0 Å². The number of likely N-dealkylation sites (N-methyl/N-ethyl adjacent to an activating group) is 1. The van der Waals surface area contributed by atoms with Crippen molar-refractivity contribution in [1.29, 1.82) is 5.26 Å². The van der Waals surface area contributed by atoms with E-state index in [1.807, 2.05) is 30.1 Å². The molecule has 3 nitrogen and oxygen atoms in total. The van der Waals surface area contributed by atoms with Crippen molar-refractivity contribution < 1.29 is 0 Å². The molecule has 86 valence electrons. The van der Waals surface area contributed by atoms with Gasteiger partial charge in [0.2, 0.25) is 0 Å². The molecule has 1 aromatic carbocycles. The first-order valence-corrected chi connectivity index (χ1v) is 6.30. The van der Waals surface area contributed by atoms with Crippen molar-refractivity contribution in [2.24, 2.45) is 5.73 Å². The Hall–Kier alpha value is -1.18. The summed E-state index contributed by atoms with van der Waals surface area (Å²) in [5, 5.41) is 9.22. The second kappa shape index (κ2) is 6.41. The smallest absolute Gasteiger partial charge is 0.103 e. The van der Waals surface area contributed by atoms with Crippen LogP contribution < -0.4 is 10.6 Å². The van der Waals surface area contributed by atoms with E-state index in [0.717, 1.165) is 28.4 Å². The van der Waals surface area contributed by atoms with Crippen LogP contribution in [0.4, 0.5) is 5.69 Å². The van der Waals surface area contributed by atoms with E-state index in [9.17, 15) is 5.26 Å². The van der Waals surface area contributed by atoms with Gasteiger partial charge < -0.3 is 10.6 Å². The van der Waals surface area contributed by atoms with E-state index in [4.69, 9.17) is 5.73 Å². The number of benzene rings is 1. The van der Waals surface area contributed by atoms with E-state index in [0.29, 0.717) is 6.54 Å². The van der Waals surface area contributed by atoms with Crippen molar-refractivity contribution in [2.45, 2.75) is 11.8 Å². The molecule has 0 fully saturated rings. The predicted octanol–water partition coefficient (Wildman–Crippen LogP) is 2.07. The summed E-state index contributed by atoms with van der Waals surface area (Å²) in [6.07, 6.45) is 0. The third kappa shape index (κ3) is 2.91. The minimum Gasteiger partial charge on any atom is -0.372 e. The fourth-order valence-electron chi connectivity index (χ4n) is 1.54. The van der Waals surface area contributed by atoms with E-state index >= 15 is 0 Å². The molecule has 0 atom stereocenters. The van der Waals surface area contributed by atoms with Crippen molar-refractivity contribution in [3.8, 4) is 6.07 Å². The Labute approximate surface area is 101 Å². The Bertz CT molecular complexity index is 384. The van der Waals surface area contributed by atoms with Gasteiger partial charge in [-0.05, 0) is 17.9 Å². The molecule has 0 unspecified atom stereocenters. The van der Waals surface area contributed by atoms with E-state index < -0.39 is 0 Å². The van der Waals surface area contributed by atoms with Crippen LogP contribution in [0.15, 0.2) is 23.1 Å². The Morgan fingerprint density at radius 2 is 2.25 bits per heavy atom. The molecular weight excluding hydrogens is 218 g/mol. The summed E-state index contributed by atoms with van der Waals surface area (Å²) in [5.41, 5.74) is 7.24. The molecule has 4 heteroatoms. The zero-order valence-corrected chi connectivity index (χ0v) is 10.5. The molecule has 0 aliphatic heterocycles. The number of rotatable bonds is 5. The first-order chi connectivity index (χ1) is 7.74. The highest BCUT2D eigenvalue weighted by atomic mass is 32.2. The third-order valence-corrected chi connectivity index (χ3v) is 3.23. The van der Waals surface area contributed by atoms with Crippen molar-refractivity contribution in [1.82, 2.24) is 0 Å². The molecule has 0 saturated heterocycles. The lowest BCUT2D eigenvalue weighted by atomic mass is 10.2. The fourth-order valence-corrected chi connectivity index (χ4v) is 2.32. The summed E-state index contributed by atoms with van der Waals surface area (Å²) >= 11 is 1.70. The lowest BCUT2D eigenvalue weighted by molar-refractivity contribution is 0.882. The number of nitriles is 1. The van der Waals surface area contributed by atoms with Crippen molar-refractivity contribution >= 4 is 17.4 Å². The predicted molar refractivity (Wildman–Crippen MR) is 69.9 cm³/mol. The molecule has 0 aromatic heterocycles. The Morgan fingerprint density at radius 3 is 2.81 bits per heavy atom. The molecule has 1 aromatic rings. The molecule has 0 radical (unpaired) electrons. The molecular formula is C12H17N3S. The number of anilines is 1. The van der Waals surface area contributed by atoms with Gasteiger partial charge in [0.1, 0.15) is 6.07 Å². The molecule has 0 aliphatic rings. The first-order valence-electron chi connectivity index (χ1n) is 5.31. The first kappa shape index (κ1) is 12.9. The number of nitrogens with zero attached hydrogens (tertiary/aromatic N) is 2. The summed E-state index contributed by atoms with van der Waals surface area (Å²) in [7, 11) is 1.96. The molecule has 16 heavy (non-hydrogen) atoms. The second-order valence-corrected chi connectivity index (χ2v) is 4.71. The monoisotopic (exact) mass is 235 g/mol. The van der Waals surface area contributed by atoms with Crippen LogP contribution in [0.2, 0.25) is 0 Å². The molecule has 0 aliphatic carbocycles. The standard InChI is InChI=1S/C12H17N3S/c1-3-16-12-6-4-5-11(10(12)9-14)15(2)8-7-13/h4-6H,3,7-8,13H2,1-2H3. The van der Waals surface area contributed by atoms with Gasteiger partial charge in [-0.3, -0.25) is 0 Å². The van der Waals surface area contributed by atoms with Crippen LogP contribution in [-0.2, 0) is 0 Å². The summed E-state index contributed by atoms with van der Waals surface area (Å²) in [6, 6.07) is 8.23. The Kier molecular flexibility index (Phi) is 5.17. The third-order valence-electron chi connectivity index (χ3n) is 2.29. The van der Waals surface area contributed by atoms with Gasteiger partial charge in [0.15, 0.2) is 0 Å². The van der Waals surface area contributed by atoms with E-state index in [2.05, 4.69) is 13.0 Å². The maximum absolute atomic E-state index is 9.22. The van der Waals surface area contributed by atoms with Gasteiger partial charge in [0.05, 0.1) is 11.3 Å². The van der Waals surface area contributed by atoms with Gasteiger partial charge in [-0.2, -0.15) is 5.26 Å². The van der Waals surface area contributed by atoms with Gasteiger partial charge in [-0.15, -0.1) is 11.8 Å². The normalized spacial score (nSPS) is 9.88. The SMILES string of the molecule is CCSc1cccc(N(C)CCN)c1C#N. The molecule has 0 bridgehead atoms. The van der Waals surface area contributed by atoms with Crippen molar-refractivity contribution in [2.75, 3.05) is 30.8 Å². The van der Waals surface area contributed by atoms with Gasteiger partial charge in [0.25, 0.3) is 0 Å². The maximum Gasteiger partial charge on any atom is 0.103 e. The van der Waals surface area contributed by atoms with E-state index in [-0.39, 0.29) is 0 Å². The van der Waals surface area contributed by atoms with Crippen molar-refractivity contribution in [3.63, 3.8) is 0 Å². The minimum atomic E-state index is 0.590. The largest absolute Gasteiger partial charge is 0.372 e. The van der Waals surface area contributed by atoms with Crippen LogP contribution in [-0.4, -0.2) is 25.9 Å². The van der Waals surface area contributed by atoms with Crippen LogP contribution >= 0.6 is 11.8 Å². The van der Waals surface area contributed by atoms with E-state index in [1.54, 1.807) is 11.8 Å². The molecule has 1 rings (SSSR count). The topological polar surface area (TPSA) is 53.0 Å². The number of hydrogen-bond donors (Lipinski definition) is 1. The van der Waals surface area contributed by atoms with Crippen LogP contribution in [0.1, 0.15) is 12.5 Å². The molecule has 2 N–H and O–H groups in total. The number of nitrogens with two attached hydrogens (primary N) is 1. The Balaban J connectivity index is 3.09. The molecule has 0 amide bonds. The summed E-state index contributed by atoms with van der Waals surface area (Å²) in [6.45, 7) is 3.43. The quantitative estimate of drug-likeness (QED) is 0.794. The molecule has 0 spiro atoms. The minimum absolute atomic E-state index is 0.590.